The molecular weight excluding hydrogens is 897 g/mol. The fourth-order valence-corrected chi connectivity index (χ4v) is 1.65. The second-order valence-corrected chi connectivity index (χ2v) is 3.57. The number of hydrogen-bond acceptors (Lipinski definition) is 4. The van der Waals surface area contributed by atoms with Crippen molar-refractivity contribution in [3.05, 3.63) is 0 Å². The predicted molar refractivity (Wildman–Crippen MR) is 41.3 cm³/mol. The maximum Gasteiger partial charge on any atom is 0.141 e. The van der Waals surface area contributed by atoms with Gasteiger partial charge in [0.1, 0.15) is 23.3 Å². The van der Waals surface area contributed by atoms with E-state index in [2.05, 4.69) is 15.9 Å². The van der Waals surface area contributed by atoms with Gasteiger partial charge in [0.25, 0.3) is 0 Å². The summed E-state index contributed by atoms with van der Waals surface area (Å²) in [5.41, 5.74) is 0. The Morgan fingerprint density at radius 3 is 1.79 bits per heavy atom. The Morgan fingerprint density at radius 1 is 0.929 bits per heavy atom. The minimum Gasteiger partial charge on any atom is -0.388 e. The second-order valence-electron chi connectivity index (χ2n) is 2.66. The van der Waals surface area contributed by atoms with Gasteiger partial charge in [-0.1, -0.05) is 15.9 Å². The van der Waals surface area contributed by atoms with Gasteiger partial charge in [0.05, 0.1) is 6.10 Å². The van der Waals surface area contributed by atoms with E-state index in [1.54, 1.807) is 6.92 Å². The van der Waals surface area contributed by atoms with Crippen molar-refractivity contribution in [3.63, 3.8) is 0 Å². The Kier molecular flexibility index (Phi) is 19.4. The molecule has 0 amide bonds. The fraction of sp³-hybridized carbons (Fsp3) is 1.00. The molecule has 0 bridgehead atoms. The van der Waals surface area contributed by atoms with Crippen molar-refractivity contribution in [2.75, 3.05) is 0 Å². The van der Waals surface area contributed by atoms with Crippen molar-refractivity contribution in [1.29, 1.82) is 0 Å². The van der Waals surface area contributed by atoms with Crippen LogP contribution >= 0.6 is 15.9 Å². The maximum atomic E-state index is 9.18. The molecule has 75 valence electrons. The first-order valence-corrected chi connectivity index (χ1v) is 4.29. The third-order valence-corrected chi connectivity index (χ3v) is 2.55. The molecule has 1 aliphatic heterocycles. The van der Waals surface area contributed by atoms with Crippen LogP contribution in [0.4, 0.5) is 0 Å². The molecule has 0 aromatic rings. The fourth-order valence-electron chi connectivity index (χ4n) is 1.00. The Hall–Kier alpha value is 4.64. The monoisotopic (exact) mass is 907 g/mol. The summed E-state index contributed by atoms with van der Waals surface area (Å²) in [6.07, 6.45) is -3.68. The third-order valence-electron chi connectivity index (χ3n) is 1.79. The van der Waals surface area contributed by atoms with E-state index in [1.165, 1.54) is 0 Å². The molecule has 3 N–H and O–H groups in total. The zero-order chi connectivity index (χ0) is 8.59. The second kappa shape index (κ2) is 11.5. The van der Waals surface area contributed by atoms with Crippen LogP contribution in [0.15, 0.2) is 0 Å². The molecule has 8 heteroatoms. The van der Waals surface area contributed by atoms with Gasteiger partial charge < -0.3 is 20.1 Å². The van der Waals surface area contributed by atoms with Crippen molar-refractivity contribution in [1.82, 2.24) is 0 Å². The zero-order valence-electron chi connectivity index (χ0n) is 7.75. The number of alkyl halides is 1. The van der Waals surface area contributed by atoms with E-state index in [9.17, 15) is 10.2 Å². The molecule has 0 spiro atoms. The molecule has 1 rings (SSSR count). The maximum absolute atomic E-state index is 9.18. The van der Waals surface area contributed by atoms with Crippen molar-refractivity contribution in [2.45, 2.75) is 36.4 Å². The molecule has 5 unspecified atom stereocenters. The van der Waals surface area contributed by atoms with Gasteiger partial charge in [0.2, 0.25) is 0 Å². The average molecular weight is 908 g/mol. The summed E-state index contributed by atoms with van der Waals surface area (Å²) < 4.78 is 5.04. The summed E-state index contributed by atoms with van der Waals surface area (Å²) in [5.74, 6) is 0. The molecule has 1 aliphatic rings. The number of ether oxygens (including phenoxy) is 1. The Morgan fingerprint density at radius 2 is 1.36 bits per heavy atom. The van der Waals surface area contributed by atoms with Crippen molar-refractivity contribution < 1.29 is 152 Å². The van der Waals surface area contributed by atoms with E-state index < -0.39 is 29.4 Å². The van der Waals surface area contributed by atoms with Gasteiger partial charge in [-0.15, -0.1) is 0 Å². The van der Waals surface area contributed by atoms with Gasteiger partial charge in [-0.3, -0.25) is 0 Å². The predicted octanol–water partition coefficient (Wildman–Crippen LogP) is -0.791. The molecule has 4 nitrogen and oxygen atoms in total. The van der Waals surface area contributed by atoms with Crippen LogP contribution in [0, 0.1) is 132 Å². The third kappa shape index (κ3) is 6.71. The van der Waals surface area contributed by atoms with E-state index in [0.29, 0.717) is 0 Å². The van der Waals surface area contributed by atoms with E-state index >= 15 is 0 Å². The quantitative estimate of drug-likeness (QED) is 0.280. The van der Waals surface area contributed by atoms with Crippen LogP contribution in [0.2, 0.25) is 0 Å². The SMILES string of the molecule is CC1OC(Br)C(O)C(O)C1O.[Ac].[Ac].[Ac]. The summed E-state index contributed by atoms with van der Waals surface area (Å²) in [6, 6.07) is 0. The van der Waals surface area contributed by atoms with Crippen LogP contribution in [-0.2, 0) is 4.74 Å². The van der Waals surface area contributed by atoms with Crippen molar-refractivity contribution >= 4 is 15.9 Å². The minimum atomic E-state index is -1.14. The molecule has 3 radical (unpaired) electrons. The molecule has 14 heavy (non-hydrogen) atoms. The molecule has 1 fully saturated rings. The molecule has 0 aliphatic carbocycles. The number of aliphatic hydroxyl groups excluding tert-OH is 3. The average Bonchev–Trinajstić information content (AvgIpc) is 1.97. The molecule has 0 aromatic heterocycles. The molecule has 0 aromatic carbocycles. The van der Waals surface area contributed by atoms with Gasteiger partial charge in [0.15, 0.2) is 0 Å². The van der Waals surface area contributed by atoms with Gasteiger partial charge in [-0.25, -0.2) is 0 Å². The van der Waals surface area contributed by atoms with Gasteiger partial charge in [-0.05, 0) is 6.92 Å². The summed E-state index contributed by atoms with van der Waals surface area (Å²) in [4.78, 5) is 0. The summed E-state index contributed by atoms with van der Waals surface area (Å²) in [5, 5.41) is 26.9. The molecular formula is C6H11Ac3BrO4. The van der Waals surface area contributed by atoms with Gasteiger partial charge >= 0.3 is 0 Å². The molecule has 5 atom stereocenters. The van der Waals surface area contributed by atoms with Crippen LogP contribution in [0.25, 0.3) is 0 Å². The number of hydrogen-bond donors (Lipinski definition) is 3. The van der Waals surface area contributed by atoms with Crippen molar-refractivity contribution in [2.24, 2.45) is 0 Å². The number of aliphatic hydroxyl groups is 3. The first kappa shape index (κ1) is 23.7. The molecule has 1 saturated heterocycles. The minimum absolute atomic E-state index is 0. The Bertz CT molecular complexity index is 139. The molecule has 0 saturated carbocycles. The summed E-state index contributed by atoms with van der Waals surface area (Å²) >= 11 is 3.02. The topological polar surface area (TPSA) is 69.9 Å². The van der Waals surface area contributed by atoms with Crippen LogP contribution < -0.4 is 0 Å². The van der Waals surface area contributed by atoms with Crippen LogP contribution in [-0.4, -0.2) is 44.7 Å². The van der Waals surface area contributed by atoms with Gasteiger partial charge in [-0.2, -0.15) is 0 Å². The zero-order valence-corrected chi connectivity index (χ0v) is 23.6. The number of rotatable bonds is 0. The van der Waals surface area contributed by atoms with E-state index in [1.807, 2.05) is 0 Å². The largest absolute Gasteiger partial charge is 0.388 e. The van der Waals surface area contributed by atoms with E-state index in [-0.39, 0.29) is 132 Å². The van der Waals surface area contributed by atoms with E-state index in [4.69, 9.17) is 9.84 Å². The Balaban J connectivity index is -0.000000403. The van der Waals surface area contributed by atoms with Crippen LogP contribution in [0.5, 0.6) is 0 Å². The first-order valence-electron chi connectivity index (χ1n) is 3.37. The standard InChI is InChI=1S/C6H11BrO4.3Ac/c1-2-3(8)4(9)5(10)6(7)11-2;;;/h2-6,8-10H,1H3;;;. The van der Waals surface area contributed by atoms with Crippen LogP contribution in [0.3, 0.4) is 0 Å². The Labute approximate surface area is 199 Å². The van der Waals surface area contributed by atoms with Crippen LogP contribution in [0.1, 0.15) is 6.92 Å². The summed E-state index contributed by atoms with van der Waals surface area (Å²) in [7, 11) is 0. The first-order chi connectivity index (χ1) is 5.04. The molecule has 1 heterocycles. The van der Waals surface area contributed by atoms with Crippen molar-refractivity contribution in [3.8, 4) is 0 Å². The smallest absolute Gasteiger partial charge is 0.141 e. The van der Waals surface area contributed by atoms with E-state index in [0.717, 1.165) is 0 Å². The summed E-state index contributed by atoms with van der Waals surface area (Å²) in [6.45, 7) is 1.63. The van der Waals surface area contributed by atoms with Gasteiger partial charge in [0, 0.05) is 132 Å². The normalized spacial score (nSPS) is 41.4. The number of halogens is 1.